The van der Waals surface area contributed by atoms with Crippen molar-refractivity contribution < 1.29 is 9.53 Å². The average Bonchev–Trinajstić information content (AvgIpc) is 2.43. The molecular weight excluding hydrogens is 299 g/mol. The molecule has 0 aliphatic heterocycles. The second kappa shape index (κ2) is 6.03. The minimum atomic E-state index is -0.347. The summed E-state index contributed by atoms with van der Waals surface area (Å²) in [5.74, 6) is 0.159. The first-order chi connectivity index (χ1) is 9.51. The van der Waals surface area contributed by atoms with E-state index in [1.807, 2.05) is 0 Å². The van der Waals surface area contributed by atoms with E-state index in [0.717, 1.165) is 0 Å². The van der Waals surface area contributed by atoms with E-state index in [-0.39, 0.29) is 5.91 Å². The van der Waals surface area contributed by atoms with Gasteiger partial charge in [-0.1, -0.05) is 29.3 Å². The Morgan fingerprint density at radius 2 is 2.00 bits per heavy atom. The minimum Gasteiger partial charge on any atom is -0.497 e. The number of nitrogens with two attached hydrogens (primary N) is 1. The van der Waals surface area contributed by atoms with E-state index < -0.39 is 0 Å². The van der Waals surface area contributed by atoms with E-state index >= 15 is 0 Å². The van der Waals surface area contributed by atoms with E-state index in [0.29, 0.717) is 32.7 Å². The highest BCUT2D eigenvalue weighted by atomic mass is 35.5. The molecule has 0 aliphatic rings. The van der Waals surface area contributed by atoms with Crippen LogP contribution in [-0.2, 0) is 0 Å². The molecule has 0 spiro atoms. The van der Waals surface area contributed by atoms with Crippen LogP contribution in [0.1, 0.15) is 10.4 Å². The SMILES string of the molecule is COc1cc(N)cc(C(=O)Nc2cccc(Cl)c2Cl)c1. The number of nitrogens with one attached hydrogen (secondary N) is 1. The van der Waals surface area contributed by atoms with E-state index in [1.165, 1.54) is 7.11 Å². The molecule has 0 radical (unpaired) electrons. The molecule has 2 aromatic carbocycles. The molecule has 4 nitrogen and oxygen atoms in total. The number of nitrogen functional groups attached to an aromatic ring is 1. The van der Waals surface area contributed by atoms with Crippen molar-refractivity contribution in [2.24, 2.45) is 0 Å². The summed E-state index contributed by atoms with van der Waals surface area (Å²) in [5, 5.41) is 3.34. The van der Waals surface area contributed by atoms with Crippen LogP contribution >= 0.6 is 23.2 Å². The van der Waals surface area contributed by atoms with Gasteiger partial charge in [-0.25, -0.2) is 0 Å². The summed E-state index contributed by atoms with van der Waals surface area (Å²) in [4.78, 5) is 12.2. The van der Waals surface area contributed by atoms with Crippen molar-refractivity contribution >= 4 is 40.5 Å². The maximum absolute atomic E-state index is 12.2. The lowest BCUT2D eigenvalue weighted by molar-refractivity contribution is 0.102. The van der Waals surface area contributed by atoms with Gasteiger partial charge in [-0.2, -0.15) is 0 Å². The Hall–Kier alpha value is -1.91. The number of hydrogen-bond acceptors (Lipinski definition) is 3. The fraction of sp³-hybridized carbons (Fsp3) is 0.0714. The summed E-state index contributed by atoms with van der Waals surface area (Å²) in [6.45, 7) is 0. The smallest absolute Gasteiger partial charge is 0.255 e. The van der Waals surface area contributed by atoms with Crippen molar-refractivity contribution in [3.63, 3.8) is 0 Å². The van der Waals surface area contributed by atoms with Gasteiger partial charge in [0.2, 0.25) is 0 Å². The third kappa shape index (κ3) is 3.15. The third-order valence-corrected chi connectivity index (χ3v) is 3.45. The van der Waals surface area contributed by atoms with Crippen LogP contribution in [0.25, 0.3) is 0 Å². The summed E-state index contributed by atoms with van der Waals surface area (Å²) in [5.41, 5.74) is 6.96. The number of methoxy groups -OCH3 is 1. The van der Waals surface area contributed by atoms with Gasteiger partial charge in [0, 0.05) is 17.3 Å². The van der Waals surface area contributed by atoms with E-state index in [9.17, 15) is 4.79 Å². The number of anilines is 2. The van der Waals surface area contributed by atoms with Crippen LogP contribution in [0, 0.1) is 0 Å². The number of rotatable bonds is 3. The number of carbonyl (C=O) groups excluding carboxylic acids is 1. The van der Waals surface area contributed by atoms with Gasteiger partial charge in [0.15, 0.2) is 0 Å². The molecule has 2 aromatic rings. The van der Waals surface area contributed by atoms with Gasteiger partial charge in [0.25, 0.3) is 5.91 Å². The second-order valence-corrected chi connectivity index (χ2v) is 4.84. The zero-order valence-electron chi connectivity index (χ0n) is 10.6. The Bertz CT molecular complexity index is 660. The lowest BCUT2D eigenvalue weighted by Gasteiger charge is -2.10. The van der Waals surface area contributed by atoms with Crippen molar-refractivity contribution in [2.75, 3.05) is 18.2 Å². The van der Waals surface area contributed by atoms with Crippen LogP contribution in [0.2, 0.25) is 10.0 Å². The topological polar surface area (TPSA) is 64.3 Å². The predicted octanol–water partition coefficient (Wildman–Crippen LogP) is 3.84. The molecule has 2 rings (SSSR count). The molecule has 0 atom stereocenters. The molecule has 0 aromatic heterocycles. The number of benzene rings is 2. The molecule has 0 saturated heterocycles. The molecule has 3 N–H and O–H groups in total. The molecule has 20 heavy (non-hydrogen) atoms. The highest BCUT2D eigenvalue weighted by Gasteiger charge is 2.12. The lowest BCUT2D eigenvalue weighted by Crippen LogP contribution is -2.12. The summed E-state index contributed by atoms with van der Waals surface area (Å²) < 4.78 is 5.07. The lowest BCUT2D eigenvalue weighted by atomic mass is 10.1. The monoisotopic (exact) mass is 310 g/mol. The van der Waals surface area contributed by atoms with Crippen molar-refractivity contribution in [2.45, 2.75) is 0 Å². The molecule has 6 heteroatoms. The van der Waals surface area contributed by atoms with Gasteiger partial charge in [-0.3, -0.25) is 4.79 Å². The Balaban J connectivity index is 2.28. The van der Waals surface area contributed by atoms with Crippen molar-refractivity contribution in [3.05, 3.63) is 52.0 Å². The second-order valence-electron chi connectivity index (χ2n) is 4.05. The molecule has 0 aliphatic carbocycles. The normalized spacial score (nSPS) is 10.2. The number of carbonyl (C=O) groups is 1. The maximum atomic E-state index is 12.2. The van der Waals surface area contributed by atoms with Crippen LogP contribution in [0.3, 0.4) is 0 Å². The Morgan fingerprint density at radius 1 is 1.25 bits per heavy atom. The third-order valence-electron chi connectivity index (χ3n) is 2.63. The van der Waals surface area contributed by atoms with Crippen LogP contribution in [0.15, 0.2) is 36.4 Å². The minimum absolute atomic E-state index is 0.290. The first-order valence-electron chi connectivity index (χ1n) is 5.71. The van der Waals surface area contributed by atoms with Gasteiger partial charge in [0.1, 0.15) is 5.75 Å². The Kier molecular flexibility index (Phi) is 4.37. The number of hydrogen-bond donors (Lipinski definition) is 2. The maximum Gasteiger partial charge on any atom is 0.255 e. The van der Waals surface area contributed by atoms with Gasteiger partial charge in [-0.05, 0) is 24.3 Å². The van der Waals surface area contributed by atoms with Crippen molar-refractivity contribution in [3.8, 4) is 5.75 Å². The molecule has 104 valence electrons. The van der Waals surface area contributed by atoms with Gasteiger partial charge < -0.3 is 15.8 Å². The number of ether oxygens (including phenoxy) is 1. The Labute approximate surface area is 126 Å². The highest BCUT2D eigenvalue weighted by molar-refractivity contribution is 6.44. The summed E-state index contributed by atoms with van der Waals surface area (Å²) in [6, 6.07) is 9.77. The van der Waals surface area contributed by atoms with Gasteiger partial charge >= 0.3 is 0 Å². The predicted molar refractivity (Wildman–Crippen MR) is 81.8 cm³/mol. The van der Waals surface area contributed by atoms with Crippen LogP contribution < -0.4 is 15.8 Å². The summed E-state index contributed by atoms with van der Waals surface area (Å²) in [7, 11) is 1.50. The molecule has 0 unspecified atom stereocenters. The number of amides is 1. The summed E-state index contributed by atoms with van der Waals surface area (Å²) in [6.07, 6.45) is 0. The van der Waals surface area contributed by atoms with Gasteiger partial charge in [0.05, 0.1) is 22.8 Å². The molecule has 1 amide bonds. The van der Waals surface area contributed by atoms with E-state index in [1.54, 1.807) is 36.4 Å². The average molecular weight is 311 g/mol. The van der Waals surface area contributed by atoms with E-state index in [2.05, 4.69) is 5.32 Å². The van der Waals surface area contributed by atoms with Crippen LogP contribution in [-0.4, -0.2) is 13.0 Å². The zero-order chi connectivity index (χ0) is 14.7. The first kappa shape index (κ1) is 14.5. The van der Waals surface area contributed by atoms with Crippen LogP contribution in [0.5, 0.6) is 5.75 Å². The Morgan fingerprint density at radius 3 is 2.70 bits per heavy atom. The van der Waals surface area contributed by atoms with Crippen molar-refractivity contribution in [1.29, 1.82) is 0 Å². The molecule has 0 saturated carbocycles. The fourth-order valence-corrected chi connectivity index (χ4v) is 2.01. The highest BCUT2D eigenvalue weighted by Crippen LogP contribution is 2.30. The zero-order valence-corrected chi connectivity index (χ0v) is 12.1. The molecule has 0 bridgehead atoms. The van der Waals surface area contributed by atoms with Gasteiger partial charge in [-0.15, -0.1) is 0 Å². The largest absolute Gasteiger partial charge is 0.497 e. The number of halogens is 2. The molecule has 0 fully saturated rings. The quantitative estimate of drug-likeness (QED) is 0.847. The molecular formula is C14H12Cl2N2O2. The first-order valence-corrected chi connectivity index (χ1v) is 6.47. The van der Waals surface area contributed by atoms with E-state index in [4.69, 9.17) is 33.7 Å². The molecule has 0 heterocycles. The van der Waals surface area contributed by atoms with Crippen LogP contribution in [0.4, 0.5) is 11.4 Å². The summed E-state index contributed by atoms with van der Waals surface area (Å²) >= 11 is 11.9. The van der Waals surface area contributed by atoms with Crippen molar-refractivity contribution in [1.82, 2.24) is 0 Å². The standard InChI is InChI=1S/C14H12Cl2N2O2/c1-20-10-6-8(5-9(17)7-10)14(19)18-12-4-2-3-11(15)13(12)16/h2-7H,17H2,1H3,(H,18,19). The fourth-order valence-electron chi connectivity index (χ4n) is 1.67.